The lowest BCUT2D eigenvalue weighted by Gasteiger charge is -2.48. The summed E-state index contributed by atoms with van der Waals surface area (Å²) in [6, 6.07) is 0. The van der Waals surface area contributed by atoms with E-state index in [-0.39, 0.29) is 24.0 Å². The van der Waals surface area contributed by atoms with Crippen LogP contribution in [0.5, 0.6) is 0 Å². The molecule has 3 saturated carbocycles. The predicted molar refractivity (Wildman–Crippen MR) is 90.3 cm³/mol. The predicted octanol–water partition coefficient (Wildman–Crippen LogP) is 2.95. The lowest BCUT2D eigenvalue weighted by molar-refractivity contribution is -0.229. The van der Waals surface area contributed by atoms with Crippen LogP contribution in [0.4, 0.5) is 0 Å². The van der Waals surface area contributed by atoms with Gasteiger partial charge in [0, 0.05) is 20.6 Å². The first-order chi connectivity index (χ1) is 10.3. The summed E-state index contributed by atoms with van der Waals surface area (Å²) in [5.41, 5.74) is -1.59. The summed E-state index contributed by atoms with van der Waals surface area (Å²) in [5, 5.41) is 11.4. The van der Waals surface area contributed by atoms with E-state index >= 15 is 0 Å². The van der Waals surface area contributed by atoms with E-state index in [1.54, 1.807) is 20.3 Å². The molecule has 1 N–H and O–H groups in total. The Balaban J connectivity index is 2.30. The van der Waals surface area contributed by atoms with E-state index in [1.807, 2.05) is 0 Å². The van der Waals surface area contributed by atoms with Crippen molar-refractivity contribution < 1.29 is 19.4 Å². The molecule has 3 aliphatic carbocycles. The molecule has 0 unspecified atom stereocenters. The smallest absolute Gasteiger partial charge is 0.209 e. The fourth-order valence-electron chi connectivity index (χ4n) is 5.33. The maximum Gasteiger partial charge on any atom is 0.209 e. The SMILES string of the molecule is C=CC[C@@]1(O)C(=O)[C@]2(Br)[C@@H]3CCCC[C@@H]3[C@@]1(Br)C2(OC)OC. The van der Waals surface area contributed by atoms with Crippen molar-refractivity contribution in [2.45, 2.75) is 52.1 Å². The number of ketones is 1. The number of alkyl halides is 2. The molecule has 0 spiro atoms. The third-order valence-electron chi connectivity index (χ3n) is 6.07. The van der Waals surface area contributed by atoms with Gasteiger partial charge in [-0.15, -0.1) is 6.58 Å². The highest BCUT2D eigenvalue weighted by Crippen LogP contribution is 2.76. The maximum atomic E-state index is 13.3. The zero-order valence-electron chi connectivity index (χ0n) is 12.9. The zero-order valence-corrected chi connectivity index (χ0v) is 16.1. The minimum absolute atomic E-state index is 0.0816. The molecule has 0 aromatic heterocycles. The van der Waals surface area contributed by atoms with E-state index < -0.39 is 20.0 Å². The molecule has 0 aliphatic heterocycles. The molecule has 124 valence electrons. The van der Waals surface area contributed by atoms with Crippen molar-refractivity contribution in [1.82, 2.24) is 0 Å². The number of fused-ring (bicyclic) bond motifs is 5. The number of methoxy groups -OCH3 is 2. The molecule has 3 rings (SSSR count). The number of aliphatic hydroxyl groups is 1. The van der Waals surface area contributed by atoms with Gasteiger partial charge in [-0.2, -0.15) is 0 Å². The van der Waals surface area contributed by atoms with Crippen LogP contribution in [0.25, 0.3) is 0 Å². The van der Waals surface area contributed by atoms with Crippen LogP contribution in [0.2, 0.25) is 0 Å². The molecule has 0 aromatic rings. The van der Waals surface area contributed by atoms with Gasteiger partial charge in [0.2, 0.25) is 5.79 Å². The molecular weight excluding hydrogens is 416 g/mol. The largest absolute Gasteiger partial charge is 0.380 e. The fraction of sp³-hybridized carbons (Fsp3) is 0.812. The summed E-state index contributed by atoms with van der Waals surface area (Å²) in [5.74, 6) is -1.32. The number of halogens is 2. The van der Waals surface area contributed by atoms with Gasteiger partial charge in [0.1, 0.15) is 14.2 Å². The lowest BCUT2D eigenvalue weighted by Crippen LogP contribution is -2.63. The Hall–Kier alpha value is 0.250. The van der Waals surface area contributed by atoms with E-state index in [2.05, 4.69) is 38.4 Å². The second-order valence-corrected chi connectivity index (χ2v) is 9.13. The van der Waals surface area contributed by atoms with Crippen molar-refractivity contribution in [2.24, 2.45) is 11.8 Å². The Morgan fingerprint density at radius 3 is 2.32 bits per heavy atom. The van der Waals surface area contributed by atoms with Crippen LogP contribution in [0.15, 0.2) is 12.7 Å². The summed E-state index contributed by atoms with van der Waals surface area (Å²) in [6.07, 6.45) is 5.78. The molecule has 3 aliphatic rings. The summed E-state index contributed by atoms with van der Waals surface area (Å²) in [4.78, 5) is 13.3. The molecule has 0 saturated heterocycles. The summed E-state index contributed by atoms with van der Waals surface area (Å²) in [6.45, 7) is 3.71. The number of carbonyl (C=O) groups is 1. The Bertz CT molecular complexity index is 520. The van der Waals surface area contributed by atoms with Gasteiger partial charge in [0.05, 0.1) is 0 Å². The molecule has 0 heterocycles. The molecule has 6 heteroatoms. The van der Waals surface area contributed by atoms with E-state index in [9.17, 15) is 9.90 Å². The van der Waals surface area contributed by atoms with Crippen LogP contribution in [-0.2, 0) is 14.3 Å². The molecular formula is C16H22Br2O4. The van der Waals surface area contributed by atoms with Crippen molar-refractivity contribution >= 4 is 37.6 Å². The van der Waals surface area contributed by atoms with Crippen molar-refractivity contribution in [2.75, 3.05) is 14.2 Å². The maximum absolute atomic E-state index is 13.3. The summed E-state index contributed by atoms with van der Waals surface area (Å²) in [7, 11) is 3.08. The highest BCUT2D eigenvalue weighted by atomic mass is 79.9. The van der Waals surface area contributed by atoms with Crippen molar-refractivity contribution in [3.05, 3.63) is 12.7 Å². The van der Waals surface area contributed by atoms with Gasteiger partial charge >= 0.3 is 0 Å². The molecule has 22 heavy (non-hydrogen) atoms. The van der Waals surface area contributed by atoms with Crippen LogP contribution in [0, 0.1) is 11.8 Å². The number of ether oxygens (including phenoxy) is 2. The standard InChI is InChI=1S/C16H22Br2O4/c1-4-9-13(20)12(19)14(17)10-7-5-6-8-11(10)15(13,18)16(14,21-2)22-3/h4,10-11,20H,1,5-9H2,2-3H3/t10-,11+,13-,14-,15+/m1/s1. The summed E-state index contributed by atoms with van der Waals surface area (Å²) < 4.78 is 9.59. The average Bonchev–Trinajstić information content (AvgIpc) is 2.77. The Morgan fingerprint density at radius 1 is 1.27 bits per heavy atom. The Morgan fingerprint density at radius 2 is 1.82 bits per heavy atom. The number of Topliss-reactive ketones (excluding diaryl/α,β-unsaturated/α-hetero) is 1. The van der Waals surface area contributed by atoms with Gasteiger partial charge in [-0.3, -0.25) is 4.79 Å². The monoisotopic (exact) mass is 436 g/mol. The molecule has 3 fully saturated rings. The van der Waals surface area contributed by atoms with Crippen molar-refractivity contribution in [1.29, 1.82) is 0 Å². The van der Waals surface area contributed by atoms with Gasteiger partial charge in [0.15, 0.2) is 5.78 Å². The third-order valence-corrected chi connectivity index (χ3v) is 9.30. The van der Waals surface area contributed by atoms with Crippen molar-refractivity contribution in [3.8, 4) is 0 Å². The van der Waals surface area contributed by atoms with Crippen LogP contribution < -0.4 is 0 Å². The molecule has 0 radical (unpaired) electrons. The summed E-state index contributed by atoms with van der Waals surface area (Å²) >= 11 is 7.47. The van der Waals surface area contributed by atoms with Crippen LogP contribution >= 0.6 is 31.9 Å². The average molecular weight is 438 g/mol. The van der Waals surface area contributed by atoms with Crippen LogP contribution in [0.3, 0.4) is 0 Å². The number of hydrogen-bond donors (Lipinski definition) is 1. The first-order valence-electron chi connectivity index (χ1n) is 7.68. The van der Waals surface area contributed by atoms with Crippen LogP contribution in [-0.4, -0.2) is 45.1 Å². The van der Waals surface area contributed by atoms with E-state index in [1.165, 1.54) is 0 Å². The first kappa shape index (κ1) is 17.1. The lowest BCUT2D eigenvalue weighted by atomic mass is 9.64. The van der Waals surface area contributed by atoms with Gasteiger partial charge in [0.25, 0.3) is 0 Å². The van der Waals surface area contributed by atoms with E-state index in [4.69, 9.17) is 9.47 Å². The third kappa shape index (κ3) is 1.44. The normalized spacial score (nSPS) is 49.2. The minimum atomic E-state index is -1.59. The number of hydrogen-bond acceptors (Lipinski definition) is 4. The minimum Gasteiger partial charge on any atom is -0.380 e. The second kappa shape index (κ2) is 5.12. The Kier molecular flexibility index (Phi) is 3.98. The van der Waals surface area contributed by atoms with Gasteiger partial charge in [-0.1, -0.05) is 50.8 Å². The highest BCUT2D eigenvalue weighted by Gasteiger charge is 2.92. The molecule has 0 amide bonds. The van der Waals surface area contributed by atoms with Crippen LogP contribution in [0.1, 0.15) is 32.1 Å². The quantitative estimate of drug-likeness (QED) is 0.417. The molecule has 0 aromatic carbocycles. The second-order valence-electron chi connectivity index (χ2n) is 6.63. The molecule has 5 atom stereocenters. The number of rotatable bonds is 4. The van der Waals surface area contributed by atoms with Crippen molar-refractivity contribution in [3.63, 3.8) is 0 Å². The van der Waals surface area contributed by atoms with Gasteiger partial charge in [-0.25, -0.2) is 0 Å². The molecule has 4 nitrogen and oxygen atoms in total. The van der Waals surface area contributed by atoms with Gasteiger partial charge in [-0.05, 0) is 24.7 Å². The fourth-order valence-corrected chi connectivity index (χ4v) is 8.63. The van der Waals surface area contributed by atoms with Gasteiger partial charge < -0.3 is 14.6 Å². The molecule has 2 bridgehead atoms. The van der Waals surface area contributed by atoms with E-state index in [0.717, 1.165) is 25.7 Å². The first-order valence-corrected chi connectivity index (χ1v) is 9.26. The number of carbonyl (C=O) groups excluding carboxylic acids is 1. The van der Waals surface area contributed by atoms with E-state index in [0.29, 0.717) is 0 Å². The zero-order chi connectivity index (χ0) is 16.4. The topological polar surface area (TPSA) is 55.8 Å². The Labute approximate surface area is 147 Å². The highest BCUT2D eigenvalue weighted by molar-refractivity contribution is 9.11.